The molecule has 0 fully saturated rings. The molecule has 2 aromatic carbocycles. The second-order valence-corrected chi connectivity index (χ2v) is 11.3. The fourth-order valence-corrected chi connectivity index (χ4v) is 4.80. The first-order valence-corrected chi connectivity index (χ1v) is 12.6. The van der Waals surface area contributed by atoms with Gasteiger partial charge in [-0.3, -0.25) is 14.4 Å². The number of halogens is 1. The van der Waals surface area contributed by atoms with Crippen LogP contribution in [0.3, 0.4) is 0 Å². The largest absolute Gasteiger partial charge is 0.484 e. The molecule has 3 rings (SSSR count). The van der Waals surface area contributed by atoms with Gasteiger partial charge in [0.2, 0.25) is 5.91 Å². The molecule has 190 valence electrons. The molecule has 0 aromatic heterocycles. The average molecular weight is 508 g/mol. The summed E-state index contributed by atoms with van der Waals surface area (Å²) in [4.78, 5) is 24.1. The van der Waals surface area contributed by atoms with E-state index in [-0.39, 0.29) is 41.2 Å². The number of anilines is 2. The van der Waals surface area contributed by atoms with E-state index in [1.807, 2.05) is 0 Å². The quantitative estimate of drug-likeness (QED) is 0.613. The van der Waals surface area contributed by atoms with Gasteiger partial charge in [0.05, 0.1) is 23.7 Å². The van der Waals surface area contributed by atoms with Crippen LogP contribution in [-0.4, -0.2) is 45.2 Å². The highest BCUT2D eigenvalue weighted by Gasteiger charge is 2.35. The molecule has 2 amide bonds. The van der Waals surface area contributed by atoms with Crippen LogP contribution in [0.5, 0.6) is 5.75 Å². The van der Waals surface area contributed by atoms with Crippen LogP contribution in [-0.2, 0) is 19.6 Å². The molecule has 1 atom stereocenters. The lowest BCUT2D eigenvalue weighted by molar-refractivity contribution is -0.124. The van der Waals surface area contributed by atoms with Gasteiger partial charge in [-0.1, -0.05) is 13.8 Å². The van der Waals surface area contributed by atoms with Crippen LogP contribution in [0.2, 0.25) is 0 Å². The zero-order chi connectivity index (χ0) is 26.0. The van der Waals surface area contributed by atoms with Crippen molar-refractivity contribution in [3.8, 4) is 5.75 Å². The molecule has 2 N–H and O–H groups in total. The molecule has 0 saturated carbocycles. The molecule has 11 heteroatoms. The number of ether oxygens (including phenoxy) is 2. The van der Waals surface area contributed by atoms with Crippen molar-refractivity contribution in [1.29, 1.82) is 0 Å². The Bertz CT molecular complexity index is 1190. The molecule has 0 radical (unpaired) electrons. The molecule has 1 aliphatic rings. The van der Waals surface area contributed by atoms with E-state index in [0.717, 1.165) is 16.4 Å². The Balaban J connectivity index is 1.95. The Hall–Kier alpha value is -3.34. The molecule has 0 saturated heterocycles. The van der Waals surface area contributed by atoms with Gasteiger partial charge in [0.25, 0.3) is 10.0 Å². The van der Waals surface area contributed by atoms with Crippen molar-refractivity contribution in [2.45, 2.75) is 51.2 Å². The van der Waals surface area contributed by atoms with Gasteiger partial charge in [-0.05, 0) is 63.2 Å². The summed E-state index contributed by atoms with van der Waals surface area (Å²) in [5, 5.41) is 5.34. The maximum absolute atomic E-state index is 13.5. The van der Waals surface area contributed by atoms with Crippen LogP contribution < -0.4 is 19.7 Å². The Kier molecular flexibility index (Phi) is 7.59. The summed E-state index contributed by atoms with van der Waals surface area (Å²) in [6.45, 7) is 8.64. The molecule has 2 aromatic rings. The fraction of sp³-hybridized carbons (Fsp3) is 0.417. The summed E-state index contributed by atoms with van der Waals surface area (Å²) in [5.74, 6) is -0.749. The highest BCUT2D eigenvalue weighted by molar-refractivity contribution is 7.92. The molecule has 0 aliphatic carbocycles. The third kappa shape index (κ3) is 6.62. The number of fused-ring (bicyclic) bond motifs is 1. The zero-order valence-corrected chi connectivity index (χ0v) is 21.1. The number of carbonyl (C=O) groups is 2. The minimum Gasteiger partial charge on any atom is -0.484 e. The number of hydrogen-bond acceptors (Lipinski definition) is 6. The number of sulfonamides is 1. The van der Waals surface area contributed by atoms with Crippen LogP contribution in [0.4, 0.5) is 20.6 Å². The first-order chi connectivity index (χ1) is 16.3. The predicted octanol–water partition coefficient (Wildman–Crippen LogP) is 3.90. The van der Waals surface area contributed by atoms with E-state index < -0.39 is 33.6 Å². The first-order valence-electron chi connectivity index (χ1n) is 11.1. The van der Waals surface area contributed by atoms with Crippen LogP contribution in [0.15, 0.2) is 47.4 Å². The number of rotatable bonds is 6. The highest BCUT2D eigenvalue weighted by Crippen LogP contribution is 2.39. The van der Waals surface area contributed by atoms with Gasteiger partial charge in [-0.25, -0.2) is 17.6 Å². The van der Waals surface area contributed by atoms with Gasteiger partial charge in [0.15, 0.2) is 0 Å². The summed E-state index contributed by atoms with van der Waals surface area (Å²) >= 11 is 0. The zero-order valence-electron chi connectivity index (χ0n) is 20.3. The molecule has 1 unspecified atom stereocenters. The van der Waals surface area contributed by atoms with Crippen molar-refractivity contribution in [2.75, 3.05) is 22.7 Å². The first kappa shape index (κ1) is 26.3. The topological polar surface area (TPSA) is 114 Å². The summed E-state index contributed by atoms with van der Waals surface area (Å²) < 4.78 is 52.8. The number of amides is 2. The minimum atomic E-state index is -4.12. The van der Waals surface area contributed by atoms with Gasteiger partial charge < -0.3 is 14.8 Å². The van der Waals surface area contributed by atoms with E-state index in [1.54, 1.807) is 40.7 Å². The number of carbonyl (C=O) groups excluding carboxylic acids is 2. The van der Waals surface area contributed by atoms with Gasteiger partial charge >= 0.3 is 6.09 Å². The molecular formula is C24H30FN3O6S. The van der Waals surface area contributed by atoms with E-state index in [9.17, 15) is 22.4 Å². The number of nitrogens with one attached hydrogen (secondary N) is 2. The van der Waals surface area contributed by atoms with Gasteiger partial charge in [-0.15, -0.1) is 0 Å². The summed E-state index contributed by atoms with van der Waals surface area (Å²) in [7, 11) is -4.12. The Morgan fingerprint density at radius 2 is 1.83 bits per heavy atom. The second kappa shape index (κ2) is 10.1. The van der Waals surface area contributed by atoms with Gasteiger partial charge in [0.1, 0.15) is 23.3 Å². The lowest BCUT2D eigenvalue weighted by Gasteiger charge is -2.36. The lowest BCUT2D eigenvalue weighted by atomic mass is 10.2. The number of benzene rings is 2. The summed E-state index contributed by atoms with van der Waals surface area (Å²) in [5.41, 5.74) is -0.228. The van der Waals surface area contributed by atoms with Crippen molar-refractivity contribution >= 4 is 33.4 Å². The van der Waals surface area contributed by atoms with Crippen molar-refractivity contribution in [1.82, 2.24) is 5.32 Å². The van der Waals surface area contributed by atoms with E-state index in [2.05, 4.69) is 10.6 Å². The molecule has 0 spiro atoms. The van der Waals surface area contributed by atoms with Crippen molar-refractivity contribution in [3.05, 3.63) is 48.3 Å². The number of nitrogens with zero attached hydrogens (tertiary/aromatic N) is 1. The van der Waals surface area contributed by atoms with Crippen molar-refractivity contribution in [2.24, 2.45) is 5.92 Å². The molecule has 35 heavy (non-hydrogen) atoms. The van der Waals surface area contributed by atoms with E-state index in [0.29, 0.717) is 5.69 Å². The van der Waals surface area contributed by atoms with Gasteiger partial charge in [0, 0.05) is 11.6 Å². The molecule has 1 heterocycles. The Morgan fingerprint density at radius 3 is 2.43 bits per heavy atom. The van der Waals surface area contributed by atoms with Crippen molar-refractivity contribution < 1.29 is 31.9 Å². The normalized spacial score (nSPS) is 15.7. The van der Waals surface area contributed by atoms with Crippen molar-refractivity contribution in [3.63, 3.8) is 0 Å². The second-order valence-electron chi connectivity index (χ2n) is 9.44. The summed E-state index contributed by atoms with van der Waals surface area (Å²) in [6, 6.07) is 9.04. The van der Waals surface area contributed by atoms with Crippen LogP contribution in [0.25, 0.3) is 0 Å². The van der Waals surface area contributed by atoms with E-state index >= 15 is 0 Å². The number of hydrogen-bond donors (Lipinski definition) is 2. The smallest absolute Gasteiger partial charge is 0.412 e. The van der Waals surface area contributed by atoms with E-state index in [1.165, 1.54) is 24.3 Å². The average Bonchev–Trinajstić information content (AvgIpc) is 2.75. The van der Waals surface area contributed by atoms with Crippen LogP contribution >= 0.6 is 0 Å². The molecule has 0 bridgehead atoms. The fourth-order valence-electron chi connectivity index (χ4n) is 3.30. The van der Waals surface area contributed by atoms with E-state index in [4.69, 9.17) is 9.47 Å². The molecular weight excluding hydrogens is 477 g/mol. The predicted molar refractivity (Wildman–Crippen MR) is 129 cm³/mol. The van der Waals surface area contributed by atoms with Crippen LogP contribution in [0.1, 0.15) is 34.6 Å². The SMILES string of the molecule is CC(C)C(=O)NCC1CN(S(=O)(=O)c2ccc(F)cc2)c2cc(NC(=O)OC(C)(C)C)ccc2O1. The molecule has 9 nitrogen and oxygen atoms in total. The molecule has 1 aliphatic heterocycles. The Morgan fingerprint density at radius 1 is 1.17 bits per heavy atom. The minimum absolute atomic E-state index is 0.0871. The van der Waals surface area contributed by atoms with Crippen LogP contribution in [0, 0.1) is 11.7 Å². The standard InChI is InChI=1S/C24H30FN3O6S/c1-15(2)22(29)26-13-18-14-28(35(31,32)19-9-6-16(25)7-10-19)20-12-17(8-11-21(20)33-18)27-23(30)34-24(3,4)5/h6-12,15,18H,13-14H2,1-5H3,(H,26,29)(H,27,30). The van der Waals surface area contributed by atoms with Gasteiger partial charge in [-0.2, -0.15) is 0 Å². The highest BCUT2D eigenvalue weighted by atomic mass is 32.2. The monoisotopic (exact) mass is 507 g/mol. The lowest BCUT2D eigenvalue weighted by Crippen LogP contribution is -2.48. The maximum atomic E-state index is 13.5. The third-order valence-electron chi connectivity index (χ3n) is 4.97. The Labute approximate surface area is 204 Å². The third-order valence-corrected chi connectivity index (χ3v) is 6.76. The maximum Gasteiger partial charge on any atom is 0.412 e. The summed E-state index contributed by atoms with van der Waals surface area (Å²) in [6.07, 6.45) is -1.37.